The van der Waals surface area contributed by atoms with E-state index >= 15 is 0 Å². The zero-order chi connectivity index (χ0) is 6.24. The van der Waals surface area contributed by atoms with Crippen LogP contribution in [0.25, 0.3) is 0 Å². The molecule has 2 heteroatoms. The third-order valence-electron chi connectivity index (χ3n) is 0.703. The maximum Gasteiger partial charge on any atom is 0.142 e. The van der Waals surface area contributed by atoms with E-state index in [0.717, 1.165) is 18.5 Å². The molecule has 0 saturated heterocycles. The van der Waals surface area contributed by atoms with Crippen LogP contribution < -0.4 is 0 Å². The van der Waals surface area contributed by atoms with Gasteiger partial charge in [-0.15, -0.1) is 0 Å². The van der Waals surface area contributed by atoms with Crippen LogP contribution in [-0.2, 0) is 4.79 Å². The maximum atomic E-state index is 9.67. The summed E-state index contributed by atoms with van der Waals surface area (Å²) < 4.78 is 0. The summed E-state index contributed by atoms with van der Waals surface area (Å²) in [7, 11) is 0. The van der Waals surface area contributed by atoms with Crippen LogP contribution in [0.2, 0.25) is 0 Å². The number of carbonyl (C=O) groups excluding carboxylic acids is 1. The number of rotatable bonds is 4. The Morgan fingerprint density at radius 3 is 2.88 bits per heavy atom. The second-order valence-corrected chi connectivity index (χ2v) is 2.33. The lowest BCUT2D eigenvalue weighted by molar-refractivity contribution is -0.104. The van der Waals surface area contributed by atoms with Gasteiger partial charge >= 0.3 is 0 Å². The molecule has 0 aliphatic rings. The molecule has 0 N–H and O–H groups in total. The molecule has 0 aliphatic carbocycles. The maximum absolute atomic E-state index is 9.67. The van der Waals surface area contributed by atoms with Crippen molar-refractivity contribution in [2.24, 2.45) is 0 Å². The first-order valence-corrected chi connectivity index (χ1v) is 3.90. The fourth-order valence-electron chi connectivity index (χ4n) is 0.338. The molecular formula is C6H10OS. The van der Waals surface area contributed by atoms with Gasteiger partial charge in [0.25, 0.3) is 0 Å². The zero-order valence-electron chi connectivity index (χ0n) is 4.96. The monoisotopic (exact) mass is 130 g/mol. The highest BCUT2D eigenvalue weighted by molar-refractivity contribution is 7.98. The van der Waals surface area contributed by atoms with Crippen molar-refractivity contribution >= 4 is 18.0 Å². The normalized spacial score (nSPS) is 10.1. The Balaban J connectivity index is 2.91. The molecule has 0 radical (unpaired) electrons. The van der Waals surface area contributed by atoms with Crippen molar-refractivity contribution < 1.29 is 4.79 Å². The Morgan fingerprint density at radius 2 is 2.38 bits per heavy atom. The Hall–Kier alpha value is -0.240. The van der Waals surface area contributed by atoms with Gasteiger partial charge in [-0.05, 0) is 24.5 Å². The van der Waals surface area contributed by atoms with Crippen LogP contribution in [0.3, 0.4) is 0 Å². The molecular weight excluding hydrogens is 120 g/mol. The second kappa shape index (κ2) is 6.76. The summed E-state index contributed by atoms with van der Waals surface area (Å²) in [6.45, 7) is 0. The Morgan fingerprint density at radius 1 is 1.62 bits per heavy atom. The van der Waals surface area contributed by atoms with Crippen molar-refractivity contribution in [2.75, 3.05) is 12.0 Å². The molecule has 0 saturated carbocycles. The molecule has 8 heavy (non-hydrogen) atoms. The van der Waals surface area contributed by atoms with E-state index < -0.39 is 0 Å². The number of allylic oxidation sites excluding steroid dienone is 2. The van der Waals surface area contributed by atoms with Crippen LogP contribution in [0.5, 0.6) is 0 Å². The zero-order valence-corrected chi connectivity index (χ0v) is 5.78. The number of thioether (sulfide) groups is 1. The summed E-state index contributed by atoms with van der Waals surface area (Å²) in [6.07, 6.45) is 7.27. The van der Waals surface area contributed by atoms with Gasteiger partial charge in [0, 0.05) is 0 Å². The molecule has 0 spiro atoms. The summed E-state index contributed by atoms with van der Waals surface area (Å²) >= 11 is 1.78. The van der Waals surface area contributed by atoms with Gasteiger partial charge in [0.15, 0.2) is 0 Å². The van der Waals surface area contributed by atoms with E-state index in [9.17, 15) is 4.79 Å². The van der Waals surface area contributed by atoms with Crippen molar-refractivity contribution in [1.29, 1.82) is 0 Å². The smallest absolute Gasteiger partial charge is 0.142 e. The lowest BCUT2D eigenvalue weighted by Gasteiger charge is -1.83. The van der Waals surface area contributed by atoms with E-state index in [-0.39, 0.29) is 0 Å². The van der Waals surface area contributed by atoms with Gasteiger partial charge in [-0.25, -0.2) is 0 Å². The first-order chi connectivity index (χ1) is 3.91. The minimum atomic E-state index is 0.806. The highest BCUT2D eigenvalue weighted by Gasteiger charge is 1.74. The largest absolute Gasteiger partial charge is 0.299 e. The summed E-state index contributed by atoms with van der Waals surface area (Å²) in [5.41, 5.74) is 0. The van der Waals surface area contributed by atoms with Crippen molar-refractivity contribution in [3.05, 3.63) is 12.2 Å². The van der Waals surface area contributed by atoms with Gasteiger partial charge in [-0.2, -0.15) is 11.8 Å². The van der Waals surface area contributed by atoms with Crippen LogP contribution in [0, 0.1) is 0 Å². The van der Waals surface area contributed by atoms with Gasteiger partial charge in [0.2, 0.25) is 0 Å². The topological polar surface area (TPSA) is 17.1 Å². The molecule has 0 aliphatic heterocycles. The van der Waals surface area contributed by atoms with Crippen molar-refractivity contribution in [3.63, 3.8) is 0 Å². The van der Waals surface area contributed by atoms with Crippen LogP contribution in [0.1, 0.15) is 6.42 Å². The molecule has 0 atom stereocenters. The molecule has 0 aromatic rings. The first-order valence-electron chi connectivity index (χ1n) is 2.51. The number of hydrogen-bond acceptors (Lipinski definition) is 2. The van der Waals surface area contributed by atoms with Crippen LogP contribution in [0.15, 0.2) is 12.2 Å². The Kier molecular flexibility index (Phi) is 6.56. The summed E-state index contributed by atoms with van der Waals surface area (Å²) in [5, 5.41) is 0. The molecule has 0 bridgehead atoms. The highest BCUT2D eigenvalue weighted by atomic mass is 32.2. The molecule has 0 unspecified atom stereocenters. The average Bonchev–Trinajstić information content (AvgIpc) is 1.81. The average molecular weight is 130 g/mol. The molecule has 0 amide bonds. The first kappa shape index (κ1) is 7.76. The fraction of sp³-hybridized carbons (Fsp3) is 0.500. The predicted octanol–water partition coefficient (Wildman–Crippen LogP) is 1.49. The van der Waals surface area contributed by atoms with Gasteiger partial charge in [-0.3, -0.25) is 4.79 Å². The molecule has 0 heterocycles. The van der Waals surface area contributed by atoms with Crippen molar-refractivity contribution in [3.8, 4) is 0 Å². The number of carbonyl (C=O) groups is 1. The summed E-state index contributed by atoms with van der Waals surface area (Å²) in [6, 6.07) is 0. The standard InChI is InChI=1S/C6H10OS/c1-8-6-4-2-3-5-7/h2-3,5H,4,6H2,1H3/b3-2+. The van der Waals surface area contributed by atoms with Crippen LogP contribution >= 0.6 is 11.8 Å². The van der Waals surface area contributed by atoms with E-state index in [1.165, 1.54) is 6.08 Å². The van der Waals surface area contributed by atoms with Crippen LogP contribution in [-0.4, -0.2) is 18.3 Å². The third-order valence-corrected chi connectivity index (χ3v) is 1.35. The lowest BCUT2D eigenvalue weighted by atomic mass is 10.4. The highest BCUT2D eigenvalue weighted by Crippen LogP contribution is 1.94. The van der Waals surface area contributed by atoms with Gasteiger partial charge in [0.1, 0.15) is 6.29 Å². The Bertz CT molecular complexity index is 78.6. The quantitative estimate of drug-likeness (QED) is 0.326. The molecule has 46 valence electrons. The van der Waals surface area contributed by atoms with Crippen molar-refractivity contribution in [2.45, 2.75) is 6.42 Å². The van der Waals surface area contributed by atoms with Crippen LogP contribution in [0.4, 0.5) is 0 Å². The minimum absolute atomic E-state index is 0.806. The SMILES string of the molecule is CSCC/C=C/C=O. The van der Waals surface area contributed by atoms with Gasteiger partial charge in [0.05, 0.1) is 0 Å². The number of aldehydes is 1. The van der Waals surface area contributed by atoms with E-state index in [0.29, 0.717) is 0 Å². The van der Waals surface area contributed by atoms with Gasteiger partial charge < -0.3 is 0 Å². The second-order valence-electron chi connectivity index (χ2n) is 1.35. The van der Waals surface area contributed by atoms with E-state index in [4.69, 9.17) is 0 Å². The lowest BCUT2D eigenvalue weighted by Crippen LogP contribution is -1.70. The summed E-state index contributed by atoms with van der Waals surface area (Å²) in [5.74, 6) is 1.10. The van der Waals surface area contributed by atoms with E-state index in [1.807, 2.05) is 6.08 Å². The van der Waals surface area contributed by atoms with E-state index in [1.54, 1.807) is 11.8 Å². The molecule has 0 fully saturated rings. The fourth-order valence-corrected chi connectivity index (χ4v) is 0.709. The third kappa shape index (κ3) is 5.76. The summed E-state index contributed by atoms with van der Waals surface area (Å²) in [4.78, 5) is 9.67. The molecule has 0 aromatic carbocycles. The van der Waals surface area contributed by atoms with Gasteiger partial charge in [-0.1, -0.05) is 6.08 Å². The predicted molar refractivity (Wildman–Crippen MR) is 38.2 cm³/mol. The number of hydrogen-bond donors (Lipinski definition) is 0. The minimum Gasteiger partial charge on any atom is -0.299 e. The Labute approximate surface area is 54.2 Å². The van der Waals surface area contributed by atoms with Crippen molar-refractivity contribution in [1.82, 2.24) is 0 Å². The molecule has 0 aromatic heterocycles. The molecule has 1 nitrogen and oxygen atoms in total. The van der Waals surface area contributed by atoms with E-state index in [2.05, 4.69) is 6.26 Å². The molecule has 0 rings (SSSR count).